The summed E-state index contributed by atoms with van der Waals surface area (Å²) in [5, 5.41) is 17.4. The van der Waals surface area contributed by atoms with Crippen LogP contribution in [-0.4, -0.2) is 45.7 Å². The third-order valence-electron chi connectivity index (χ3n) is 4.10. The minimum Gasteiger partial charge on any atom is -0.351 e. The van der Waals surface area contributed by atoms with E-state index >= 15 is 0 Å². The van der Waals surface area contributed by atoms with Crippen LogP contribution in [0.1, 0.15) is 30.1 Å². The SMILES string of the molecule is CC1(CNC(=O)c2ccc(-n3cnnn3)cc2)CCCNC1. The highest BCUT2D eigenvalue weighted by Crippen LogP contribution is 2.24. The third kappa shape index (κ3) is 3.30. The first kappa shape index (κ1) is 14.6. The fourth-order valence-corrected chi connectivity index (χ4v) is 2.71. The zero-order valence-corrected chi connectivity index (χ0v) is 12.6. The Hall–Kier alpha value is -2.28. The van der Waals surface area contributed by atoms with Gasteiger partial charge in [-0.25, -0.2) is 4.68 Å². The molecule has 22 heavy (non-hydrogen) atoms. The van der Waals surface area contributed by atoms with Crippen LogP contribution in [0.15, 0.2) is 30.6 Å². The highest BCUT2D eigenvalue weighted by molar-refractivity contribution is 5.94. The maximum Gasteiger partial charge on any atom is 0.251 e. The Morgan fingerprint density at radius 2 is 2.23 bits per heavy atom. The van der Waals surface area contributed by atoms with Gasteiger partial charge < -0.3 is 10.6 Å². The molecule has 7 heteroatoms. The largest absolute Gasteiger partial charge is 0.351 e. The summed E-state index contributed by atoms with van der Waals surface area (Å²) in [7, 11) is 0. The quantitative estimate of drug-likeness (QED) is 0.871. The van der Waals surface area contributed by atoms with E-state index in [9.17, 15) is 4.79 Å². The van der Waals surface area contributed by atoms with E-state index in [1.807, 2.05) is 12.1 Å². The number of tetrazole rings is 1. The van der Waals surface area contributed by atoms with Gasteiger partial charge in [0.25, 0.3) is 5.91 Å². The van der Waals surface area contributed by atoms with Gasteiger partial charge in [0, 0.05) is 18.7 Å². The van der Waals surface area contributed by atoms with Gasteiger partial charge in [-0.15, -0.1) is 5.10 Å². The summed E-state index contributed by atoms with van der Waals surface area (Å²) >= 11 is 0. The summed E-state index contributed by atoms with van der Waals surface area (Å²) in [6.45, 7) is 4.92. The number of nitrogens with one attached hydrogen (secondary N) is 2. The van der Waals surface area contributed by atoms with Gasteiger partial charge >= 0.3 is 0 Å². The molecule has 1 aliphatic rings. The van der Waals surface area contributed by atoms with Gasteiger partial charge in [-0.3, -0.25) is 4.79 Å². The fourth-order valence-electron chi connectivity index (χ4n) is 2.71. The van der Waals surface area contributed by atoms with E-state index in [1.165, 1.54) is 6.33 Å². The topological polar surface area (TPSA) is 84.7 Å². The van der Waals surface area contributed by atoms with Crippen LogP contribution in [0.2, 0.25) is 0 Å². The Morgan fingerprint density at radius 1 is 1.41 bits per heavy atom. The van der Waals surface area contributed by atoms with Crippen molar-refractivity contribution in [2.45, 2.75) is 19.8 Å². The number of carbonyl (C=O) groups excluding carboxylic acids is 1. The van der Waals surface area contributed by atoms with Gasteiger partial charge in [0.2, 0.25) is 0 Å². The first-order valence-electron chi connectivity index (χ1n) is 7.49. The molecule has 0 bridgehead atoms. The number of rotatable bonds is 4. The molecular formula is C15H20N6O. The van der Waals surface area contributed by atoms with Gasteiger partial charge in [0.15, 0.2) is 0 Å². The van der Waals surface area contributed by atoms with E-state index in [2.05, 4.69) is 33.1 Å². The van der Waals surface area contributed by atoms with Gasteiger partial charge in [-0.2, -0.15) is 0 Å². The molecule has 1 saturated heterocycles. The molecule has 1 amide bonds. The molecule has 0 aliphatic carbocycles. The van der Waals surface area contributed by atoms with E-state index in [1.54, 1.807) is 16.8 Å². The molecule has 2 aromatic rings. The Labute approximate surface area is 129 Å². The molecule has 1 fully saturated rings. The van der Waals surface area contributed by atoms with Crippen LogP contribution in [0, 0.1) is 5.41 Å². The van der Waals surface area contributed by atoms with Crippen molar-refractivity contribution in [1.29, 1.82) is 0 Å². The van der Waals surface area contributed by atoms with E-state index in [0.29, 0.717) is 12.1 Å². The molecule has 2 N–H and O–H groups in total. The summed E-state index contributed by atoms with van der Waals surface area (Å²) in [6, 6.07) is 7.23. The Morgan fingerprint density at radius 3 is 2.86 bits per heavy atom. The second kappa shape index (κ2) is 6.23. The summed E-state index contributed by atoms with van der Waals surface area (Å²) in [6.07, 6.45) is 3.82. The molecule has 0 radical (unpaired) electrons. The van der Waals surface area contributed by atoms with Crippen molar-refractivity contribution in [3.8, 4) is 5.69 Å². The van der Waals surface area contributed by atoms with Crippen LogP contribution in [0.3, 0.4) is 0 Å². The molecule has 1 aromatic heterocycles. The Kier molecular flexibility index (Phi) is 4.15. The lowest BCUT2D eigenvalue weighted by Crippen LogP contribution is -2.45. The number of nitrogens with zero attached hydrogens (tertiary/aromatic N) is 4. The predicted octanol–water partition coefficient (Wildman–Crippen LogP) is 0.782. The maximum atomic E-state index is 12.2. The number of amides is 1. The average molecular weight is 300 g/mol. The average Bonchev–Trinajstić information content (AvgIpc) is 3.08. The Bertz CT molecular complexity index is 616. The van der Waals surface area contributed by atoms with E-state index < -0.39 is 0 Å². The molecular weight excluding hydrogens is 280 g/mol. The zero-order valence-electron chi connectivity index (χ0n) is 12.6. The summed E-state index contributed by atoms with van der Waals surface area (Å²) < 4.78 is 1.55. The number of carbonyl (C=O) groups is 1. The van der Waals surface area contributed by atoms with Gasteiger partial charge in [-0.05, 0) is 59.5 Å². The summed E-state index contributed by atoms with van der Waals surface area (Å²) in [5.74, 6) is -0.0462. The van der Waals surface area contributed by atoms with Crippen molar-refractivity contribution in [2.24, 2.45) is 5.41 Å². The third-order valence-corrected chi connectivity index (χ3v) is 4.10. The van der Waals surface area contributed by atoms with Crippen LogP contribution in [0.25, 0.3) is 5.69 Å². The van der Waals surface area contributed by atoms with Crippen LogP contribution in [0.5, 0.6) is 0 Å². The van der Waals surface area contributed by atoms with Gasteiger partial charge in [0.05, 0.1) is 5.69 Å². The lowest BCUT2D eigenvalue weighted by molar-refractivity contribution is 0.0924. The molecule has 116 valence electrons. The lowest BCUT2D eigenvalue weighted by Gasteiger charge is -2.34. The molecule has 1 atom stereocenters. The number of piperidine rings is 1. The maximum absolute atomic E-state index is 12.2. The van der Waals surface area contributed by atoms with Crippen molar-refractivity contribution in [2.75, 3.05) is 19.6 Å². The standard InChI is InChI=1S/C15H20N6O/c1-15(7-2-8-16-9-15)10-17-14(22)12-3-5-13(6-4-12)21-11-18-19-20-21/h3-6,11,16H,2,7-10H2,1H3,(H,17,22). The highest BCUT2D eigenvalue weighted by Gasteiger charge is 2.27. The first-order chi connectivity index (χ1) is 10.7. The molecule has 1 aliphatic heterocycles. The van der Waals surface area contributed by atoms with E-state index in [0.717, 1.165) is 31.6 Å². The molecule has 3 rings (SSSR count). The van der Waals surface area contributed by atoms with E-state index in [-0.39, 0.29) is 11.3 Å². The summed E-state index contributed by atoms with van der Waals surface area (Å²) in [5.41, 5.74) is 1.61. The van der Waals surface area contributed by atoms with E-state index in [4.69, 9.17) is 0 Å². The molecule has 0 saturated carbocycles. The van der Waals surface area contributed by atoms with Crippen molar-refractivity contribution in [1.82, 2.24) is 30.8 Å². The zero-order chi connectivity index (χ0) is 15.4. The Balaban J connectivity index is 1.60. The first-order valence-corrected chi connectivity index (χ1v) is 7.49. The number of benzene rings is 1. The predicted molar refractivity (Wildman–Crippen MR) is 81.7 cm³/mol. The number of hydrogen-bond donors (Lipinski definition) is 2. The highest BCUT2D eigenvalue weighted by atomic mass is 16.1. The molecule has 1 aromatic carbocycles. The van der Waals surface area contributed by atoms with Crippen LogP contribution >= 0.6 is 0 Å². The molecule has 2 heterocycles. The second-order valence-electron chi connectivity index (χ2n) is 6.07. The fraction of sp³-hybridized carbons (Fsp3) is 0.467. The van der Waals surface area contributed by atoms with Gasteiger partial charge in [0.1, 0.15) is 6.33 Å². The van der Waals surface area contributed by atoms with Crippen LogP contribution in [-0.2, 0) is 0 Å². The number of aromatic nitrogens is 4. The number of hydrogen-bond acceptors (Lipinski definition) is 5. The van der Waals surface area contributed by atoms with Crippen molar-refractivity contribution in [3.05, 3.63) is 36.2 Å². The molecule has 7 nitrogen and oxygen atoms in total. The lowest BCUT2D eigenvalue weighted by atomic mass is 9.83. The van der Waals surface area contributed by atoms with Crippen LogP contribution < -0.4 is 10.6 Å². The minimum absolute atomic E-state index is 0.0462. The normalized spacial score (nSPS) is 21.5. The smallest absolute Gasteiger partial charge is 0.251 e. The molecule has 0 spiro atoms. The minimum atomic E-state index is -0.0462. The second-order valence-corrected chi connectivity index (χ2v) is 6.07. The van der Waals surface area contributed by atoms with Crippen molar-refractivity contribution in [3.63, 3.8) is 0 Å². The van der Waals surface area contributed by atoms with Gasteiger partial charge in [-0.1, -0.05) is 6.92 Å². The van der Waals surface area contributed by atoms with Crippen molar-refractivity contribution < 1.29 is 4.79 Å². The monoisotopic (exact) mass is 300 g/mol. The molecule has 1 unspecified atom stereocenters. The summed E-state index contributed by atoms with van der Waals surface area (Å²) in [4.78, 5) is 12.2. The van der Waals surface area contributed by atoms with Crippen molar-refractivity contribution >= 4 is 5.91 Å². The van der Waals surface area contributed by atoms with Crippen LogP contribution in [0.4, 0.5) is 0 Å².